The number of halogens is 3. The van der Waals surface area contributed by atoms with Crippen LogP contribution >= 0.6 is 50.9 Å². The predicted octanol–water partition coefficient (Wildman–Crippen LogP) is 7.40. The average molecular weight is 536 g/mol. The van der Waals surface area contributed by atoms with Gasteiger partial charge in [-0.2, -0.15) is 0 Å². The second-order valence-corrected chi connectivity index (χ2v) is 9.78. The molecule has 0 atom stereocenters. The maximum Gasteiger partial charge on any atom is 0.293 e. The van der Waals surface area contributed by atoms with Gasteiger partial charge in [0.2, 0.25) is 0 Å². The van der Waals surface area contributed by atoms with Crippen LogP contribution < -0.4 is 0 Å². The zero-order valence-corrected chi connectivity index (χ0v) is 20.6. The standard InChI is InChI=1S/C23H17BrCl2N2O2S/c1-13-9-16(14(2)28(13)17-7-8-19(25)20(26)11-17)10-21-22(29)27(23(30)31-21)12-15-5-3-4-6-18(15)24/h3-11H,12H2,1-2H3/b21-10-. The van der Waals surface area contributed by atoms with Gasteiger partial charge in [0, 0.05) is 21.5 Å². The van der Waals surface area contributed by atoms with Crippen LogP contribution in [0, 0.1) is 13.8 Å². The number of rotatable bonds is 4. The highest BCUT2D eigenvalue weighted by molar-refractivity contribution is 9.10. The Balaban J connectivity index is 1.65. The van der Waals surface area contributed by atoms with Crippen molar-refractivity contribution < 1.29 is 9.59 Å². The van der Waals surface area contributed by atoms with Gasteiger partial charge in [-0.3, -0.25) is 14.5 Å². The molecule has 3 aromatic rings. The normalized spacial score (nSPS) is 15.4. The summed E-state index contributed by atoms with van der Waals surface area (Å²) in [6.45, 7) is 4.17. The number of carbonyl (C=O) groups excluding carboxylic acids is 2. The summed E-state index contributed by atoms with van der Waals surface area (Å²) < 4.78 is 2.91. The molecule has 0 N–H and O–H groups in total. The molecule has 8 heteroatoms. The molecule has 2 aromatic carbocycles. The van der Waals surface area contributed by atoms with Gasteiger partial charge < -0.3 is 4.57 Å². The molecule has 1 saturated heterocycles. The molecule has 0 aliphatic carbocycles. The Hall–Kier alpha value is -1.99. The first-order valence-electron chi connectivity index (χ1n) is 9.39. The SMILES string of the molecule is Cc1cc(/C=C2\SC(=O)N(Cc3ccccc3Br)C2=O)c(C)n1-c1ccc(Cl)c(Cl)c1. The molecule has 1 aromatic heterocycles. The van der Waals surface area contributed by atoms with E-state index in [1.807, 2.05) is 54.8 Å². The number of imide groups is 1. The molecule has 0 radical (unpaired) electrons. The fraction of sp³-hybridized carbons (Fsp3) is 0.130. The summed E-state index contributed by atoms with van der Waals surface area (Å²) in [6, 6.07) is 15.0. The van der Waals surface area contributed by atoms with E-state index < -0.39 is 0 Å². The first-order chi connectivity index (χ1) is 14.8. The topological polar surface area (TPSA) is 42.3 Å². The summed E-state index contributed by atoms with van der Waals surface area (Å²) in [6.07, 6.45) is 1.78. The van der Waals surface area contributed by atoms with Crippen molar-refractivity contribution in [2.24, 2.45) is 0 Å². The van der Waals surface area contributed by atoms with E-state index in [4.69, 9.17) is 23.2 Å². The van der Waals surface area contributed by atoms with Crippen LogP contribution in [0.15, 0.2) is 57.9 Å². The molecule has 2 amide bonds. The van der Waals surface area contributed by atoms with Crippen molar-refractivity contribution in [2.45, 2.75) is 20.4 Å². The van der Waals surface area contributed by atoms with Crippen molar-refractivity contribution in [3.63, 3.8) is 0 Å². The van der Waals surface area contributed by atoms with Crippen molar-refractivity contribution in [3.8, 4) is 5.69 Å². The number of thioether (sulfide) groups is 1. The van der Waals surface area contributed by atoms with Crippen LogP contribution in [0.4, 0.5) is 4.79 Å². The van der Waals surface area contributed by atoms with E-state index in [1.165, 1.54) is 4.90 Å². The highest BCUT2D eigenvalue weighted by Gasteiger charge is 2.35. The summed E-state index contributed by atoms with van der Waals surface area (Å²) in [5, 5.41) is 0.693. The Bertz CT molecular complexity index is 1250. The molecule has 2 heterocycles. The minimum absolute atomic E-state index is 0.228. The third kappa shape index (κ3) is 4.35. The quantitative estimate of drug-likeness (QED) is 0.327. The predicted molar refractivity (Wildman–Crippen MR) is 131 cm³/mol. The van der Waals surface area contributed by atoms with Gasteiger partial charge in [-0.15, -0.1) is 0 Å². The van der Waals surface area contributed by atoms with Gasteiger partial charge in [0.05, 0.1) is 21.5 Å². The minimum atomic E-state index is -0.287. The molecule has 0 bridgehead atoms. The molecule has 158 valence electrons. The summed E-state index contributed by atoms with van der Waals surface area (Å²) in [4.78, 5) is 27.2. The molecular formula is C23H17BrCl2N2O2S. The highest BCUT2D eigenvalue weighted by Crippen LogP contribution is 2.35. The number of nitrogens with zero attached hydrogens (tertiary/aromatic N) is 2. The number of aryl methyl sites for hydroxylation is 1. The Labute approximate surface area is 203 Å². The molecule has 4 nitrogen and oxygen atoms in total. The first kappa shape index (κ1) is 22.2. The van der Waals surface area contributed by atoms with Crippen LogP contribution in [-0.2, 0) is 11.3 Å². The molecule has 4 rings (SSSR count). The van der Waals surface area contributed by atoms with Gasteiger partial charge in [0.25, 0.3) is 11.1 Å². The monoisotopic (exact) mass is 534 g/mol. The van der Waals surface area contributed by atoms with Crippen LogP contribution in [0.25, 0.3) is 11.8 Å². The number of aromatic nitrogens is 1. The van der Waals surface area contributed by atoms with E-state index >= 15 is 0 Å². The summed E-state index contributed by atoms with van der Waals surface area (Å²) in [5.41, 5.74) is 4.55. The minimum Gasteiger partial charge on any atom is -0.318 e. The second-order valence-electron chi connectivity index (χ2n) is 7.12. The third-order valence-electron chi connectivity index (χ3n) is 5.08. The lowest BCUT2D eigenvalue weighted by Gasteiger charge is -2.13. The van der Waals surface area contributed by atoms with Crippen molar-refractivity contribution in [1.29, 1.82) is 0 Å². The fourth-order valence-corrected chi connectivity index (χ4v) is 5.06. The van der Waals surface area contributed by atoms with Crippen molar-refractivity contribution in [1.82, 2.24) is 9.47 Å². The average Bonchev–Trinajstić information content (AvgIpc) is 3.15. The summed E-state index contributed by atoms with van der Waals surface area (Å²) >= 11 is 16.7. The van der Waals surface area contributed by atoms with E-state index in [9.17, 15) is 9.59 Å². The molecular weight excluding hydrogens is 519 g/mol. The van der Waals surface area contributed by atoms with Gasteiger partial charge >= 0.3 is 0 Å². The largest absolute Gasteiger partial charge is 0.318 e. The Morgan fingerprint density at radius 3 is 2.48 bits per heavy atom. The lowest BCUT2D eigenvalue weighted by Crippen LogP contribution is -2.27. The second kappa shape index (κ2) is 8.87. The number of hydrogen-bond acceptors (Lipinski definition) is 3. The van der Waals surface area contributed by atoms with Crippen molar-refractivity contribution in [2.75, 3.05) is 0 Å². The lowest BCUT2D eigenvalue weighted by molar-refractivity contribution is -0.123. The van der Waals surface area contributed by atoms with Gasteiger partial charge in [0.15, 0.2) is 0 Å². The number of benzene rings is 2. The molecule has 0 saturated carbocycles. The summed E-state index contributed by atoms with van der Waals surface area (Å²) in [5.74, 6) is -0.287. The van der Waals surface area contributed by atoms with Crippen LogP contribution in [0.3, 0.4) is 0 Å². The van der Waals surface area contributed by atoms with Crippen LogP contribution in [0.1, 0.15) is 22.5 Å². The molecule has 0 unspecified atom stereocenters. The van der Waals surface area contributed by atoms with E-state index in [-0.39, 0.29) is 17.7 Å². The van der Waals surface area contributed by atoms with Gasteiger partial charge in [-0.1, -0.05) is 57.3 Å². The van der Waals surface area contributed by atoms with Crippen LogP contribution in [0.2, 0.25) is 10.0 Å². The van der Waals surface area contributed by atoms with Gasteiger partial charge in [-0.25, -0.2) is 0 Å². The lowest BCUT2D eigenvalue weighted by atomic mass is 10.2. The molecule has 31 heavy (non-hydrogen) atoms. The highest BCUT2D eigenvalue weighted by atomic mass is 79.9. The van der Waals surface area contributed by atoms with E-state index in [2.05, 4.69) is 15.9 Å². The van der Waals surface area contributed by atoms with E-state index in [0.717, 1.165) is 44.4 Å². The maximum atomic E-state index is 13.0. The van der Waals surface area contributed by atoms with Crippen molar-refractivity contribution >= 4 is 68.1 Å². The first-order valence-corrected chi connectivity index (χ1v) is 11.8. The molecule has 1 fully saturated rings. The van der Waals surface area contributed by atoms with Crippen LogP contribution in [0.5, 0.6) is 0 Å². The molecule has 1 aliphatic heterocycles. The Morgan fingerprint density at radius 1 is 1.03 bits per heavy atom. The Kier molecular flexibility index (Phi) is 6.35. The van der Waals surface area contributed by atoms with Gasteiger partial charge in [0.1, 0.15) is 0 Å². The zero-order chi connectivity index (χ0) is 22.3. The fourth-order valence-electron chi connectivity index (χ4n) is 3.53. The molecule has 0 spiro atoms. The Morgan fingerprint density at radius 2 is 1.77 bits per heavy atom. The number of carbonyl (C=O) groups is 2. The third-order valence-corrected chi connectivity index (χ3v) is 7.50. The zero-order valence-electron chi connectivity index (χ0n) is 16.7. The van der Waals surface area contributed by atoms with Crippen LogP contribution in [-0.4, -0.2) is 20.6 Å². The maximum absolute atomic E-state index is 13.0. The van der Waals surface area contributed by atoms with E-state index in [0.29, 0.717) is 15.0 Å². The number of amides is 2. The van der Waals surface area contributed by atoms with Crippen molar-refractivity contribution in [3.05, 3.63) is 90.5 Å². The van der Waals surface area contributed by atoms with E-state index in [1.54, 1.807) is 18.2 Å². The molecule has 1 aliphatic rings. The number of hydrogen-bond donors (Lipinski definition) is 0. The summed E-state index contributed by atoms with van der Waals surface area (Å²) in [7, 11) is 0. The smallest absolute Gasteiger partial charge is 0.293 e. The van der Waals surface area contributed by atoms with Gasteiger partial charge in [-0.05, 0) is 73.1 Å².